The molecular formula is C31H34N4O3. The number of terminal acetylenes is 1. The van der Waals surface area contributed by atoms with E-state index in [-0.39, 0.29) is 17.3 Å². The Hall–Kier alpha value is -3.34. The van der Waals surface area contributed by atoms with E-state index in [1.165, 1.54) is 25.7 Å². The smallest absolute Gasteiger partial charge is 0.318 e. The summed E-state index contributed by atoms with van der Waals surface area (Å²) in [6, 6.07) is 10.8. The number of ether oxygens (including phenoxy) is 2. The Morgan fingerprint density at radius 2 is 2.03 bits per heavy atom. The molecule has 3 unspecified atom stereocenters. The van der Waals surface area contributed by atoms with Crippen molar-refractivity contribution in [1.82, 2.24) is 15.3 Å². The number of anilines is 1. The molecule has 1 saturated carbocycles. The molecule has 0 radical (unpaired) electrons. The summed E-state index contributed by atoms with van der Waals surface area (Å²) in [5.41, 5.74) is 3.98. The van der Waals surface area contributed by atoms with Crippen LogP contribution in [0.25, 0.3) is 10.8 Å². The van der Waals surface area contributed by atoms with Crippen molar-refractivity contribution < 1.29 is 14.6 Å². The maximum absolute atomic E-state index is 10.5. The Morgan fingerprint density at radius 3 is 2.76 bits per heavy atom. The summed E-state index contributed by atoms with van der Waals surface area (Å²) >= 11 is 0. The molecule has 1 aromatic heterocycles. The first-order chi connectivity index (χ1) is 18.5. The van der Waals surface area contributed by atoms with E-state index in [1.807, 2.05) is 18.2 Å². The van der Waals surface area contributed by atoms with Gasteiger partial charge >= 0.3 is 6.01 Å². The molecule has 1 aliphatic carbocycles. The number of fused-ring (bicyclic) bond motifs is 4. The largest absolute Gasteiger partial charge is 0.508 e. The summed E-state index contributed by atoms with van der Waals surface area (Å²) in [4.78, 5) is 12.3. The Balaban J connectivity index is 1.27. The van der Waals surface area contributed by atoms with Gasteiger partial charge in [-0.05, 0) is 61.3 Å². The molecule has 38 heavy (non-hydrogen) atoms. The van der Waals surface area contributed by atoms with Crippen LogP contribution in [0.3, 0.4) is 0 Å². The van der Waals surface area contributed by atoms with E-state index in [0.29, 0.717) is 37.7 Å². The monoisotopic (exact) mass is 510 g/mol. The molecular weight excluding hydrogens is 476 g/mol. The molecule has 2 saturated heterocycles. The maximum Gasteiger partial charge on any atom is 0.318 e. The highest BCUT2D eigenvalue weighted by Crippen LogP contribution is 2.49. The van der Waals surface area contributed by atoms with E-state index in [2.05, 4.69) is 23.1 Å². The number of piperazine rings is 1. The lowest BCUT2D eigenvalue weighted by atomic mass is 9.92. The van der Waals surface area contributed by atoms with E-state index >= 15 is 0 Å². The lowest BCUT2D eigenvalue weighted by Crippen LogP contribution is -2.51. The minimum Gasteiger partial charge on any atom is -0.508 e. The molecule has 4 heterocycles. The topological polar surface area (TPSA) is 79.7 Å². The average molecular weight is 511 g/mol. The van der Waals surface area contributed by atoms with Crippen molar-refractivity contribution in [2.75, 3.05) is 24.6 Å². The number of nitrogens with zero attached hydrogens (tertiary/aromatic N) is 3. The number of aromatic nitrogens is 2. The first-order valence-electron chi connectivity index (χ1n) is 13.9. The fraction of sp³-hybridized carbons (Fsp3) is 0.484. The van der Waals surface area contributed by atoms with Gasteiger partial charge in [0.1, 0.15) is 11.6 Å². The lowest BCUT2D eigenvalue weighted by molar-refractivity contribution is 0.0263. The van der Waals surface area contributed by atoms with Crippen LogP contribution in [0.1, 0.15) is 67.5 Å². The van der Waals surface area contributed by atoms with Crippen LogP contribution in [0, 0.1) is 17.8 Å². The van der Waals surface area contributed by atoms with E-state index < -0.39 is 0 Å². The number of rotatable bonds is 6. The average Bonchev–Trinajstić information content (AvgIpc) is 3.66. The number of nitrogens with one attached hydrogen (secondary N) is 1. The third kappa shape index (κ3) is 4.16. The lowest BCUT2D eigenvalue weighted by Gasteiger charge is -2.36. The van der Waals surface area contributed by atoms with Crippen LogP contribution in [0.15, 0.2) is 30.3 Å². The van der Waals surface area contributed by atoms with Gasteiger partial charge in [0.15, 0.2) is 0 Å². The molecule has 7 heteroatoms. The van der Waals surface area contributed by atoms with Gasteiger partial charge in [0, 0.05) is 53.5 Å². The molecule has 0 amide bonds. The zero-order valence-corrected chi connectivity index (χ0v) is 21.9. The highest BCUT2D eigenvalue weighted by Gasteiger charge is 2.42. The molecule has 3 aliphatic heterocycles. The van der Waals surface area contributed by atoms with Crippen molar-refractivity contribution in [3.63, 3.8) is 0 Å². The van der Waals surface area contributed by atoms with Gasteiger partial charge in [0.05, 0.1) is 25.0 Å². The van der Waals surface area contributed by atoms with Gasteiger partial charge in [0.2, 0.25) is 0 Å². The van der Waals surface area contributed by atoms with Gasteiger partial charge < -0.3 is 24.8 Å². The molecule has 7 nitrogen and oxygen atoms in total. The van der Waals surface area contributed by atoms with Crippen LogP contribution in [0.2, 0.25) is 0 Å². The SMILES string of the molecule is C#Cc1cccc2cc(O)cc(C3Cc4nc(OCC5(CC)CC5)nc(N5CC6CCC(C5)N6)c4CO3)c12. The quantitative estimate of drug-likeness (QED) is 0.468. The summed E-state index contributed by atoms with van der Waals surface area (Å²) in [5, 5.41) is 16.1. The summed E-state index contributed by atoms with van der Waals surface area (Å²) in [6.45, 7) is 5.17. The Bertz CT molecular complexity index is 1430. The first-order valence-corrected chi connectivity index (χ1v) is 13.9. The minimum atomic E-state index is -0.285. The van der Waals surface area contributed by atoms with Gasteiger partial charge in [-0.2, -0.15) is 9.97 Å². The highest BCUT2D eigenvalue weighted by molar-refractivity contribution is 5.92. The van der Waals surface area contributed by atoms with Crippen molar-refractivity contribution in [2.45, 2.75) is 70.2 Å². The summed E-state index contributed by atoms with van der Waals surface area (Å²) in [5.74, 6) is 3.97. The second-order valence-corrected chi connectivity index (χ2v) is 11.5. The predicted molar refractivity (Wildman–Crippen MR) is 146 cm³/mol. The minimum absolute atomic E-state index is 0.203. The molecule has 0 spiro atoms. The Labute approximate surface area is 223 Å². The molecule has 2 bridgehead atoms. The fourth-order valence-electron chi connectivity index (χ4n) is 6.54. The van der Waals surface area contributed by atoms with E-state index in [1.54, 1.807) is 12.1 Å². The van der Waals surface area contributed by atoms with Crippen LogP contribution >= 0.6 is 0 Å². The fourth-order valence-corrected chi connectivity index (χ4v) is 6.54. The van der Waals surface area contributed by atoms with Gasteiger partial charge in [-0.25, -0.2) is 0 Å². The van der Waals surface area contributed by atoms with E-state index in [4.69, 9.17) is 25.9 Å². The van der Waals surface area contributed by atoms with E-state index in [9.17, 15) is 5.11 Å². The van der Waals surface area contributed by atoms with Gasteiger partial charge in [-0.1, -0.05) is 25.0 Å². The molecule has 196 valence electrons. The number of benzene rings is 2. The number of phenols is 1. The number of hydrogen-bond acceptors (Lipinski definition) is 7. The molecule has 2 aromatic carbocycles. The molecule has 3 fully saturated rings. The molecule has 7 rings (SSSR count). The summed E-state index contributed by atoms with van der Waals surface area (Å²) in [7, 11) is 0. The Morgan fingerprint density at radius 1 is 1.21 bits per heavy atom. The van der Waals surface area contributed by atoms with E-state index in [0.717, 1.165) is 58.5 Å². The van der Waals surface area contributed by atoms with Crippen LogP contribution < -0.4 is 15.0 Å². The van der Waals surface area contributed by atoms with Gasteiger partial charge in [0.25, 0.3) is 0 Å². The molecule has 4 aliphatic rings. The molecule has 3 atom stereocenters. The summed E-state index contributed by atoms with van der Waals surface area (Å²) < 4.78 is 12.8. The van der Waals surface area contributed by atoms with Crippen LogP contribution in [-0.4, -0.2) is 46.9 Å². The number of aromatic hydroxyl groups is 1. The highest BCUT2D eigenvalue weighted by atomic mass is 16.5. The maximum atomic E-state index is 10.5. The second kappa shape index (κ2) is 9.14. The van der Waals surface area contributed by atoms with Crippen molar-refractivity contribution in [3.05, 3.63) is 52.7 Å². The predicted octanol–water partition coefficient (Wildman–Crippen LogP) is 4.64. The van der Waals surface area contributed by atoms with Gasteiger partial charge in [-0.15, -0.1) is 6.42 Å². The zero-order valence-electron chi connectivity index (χ0n) is 21.9. The molecule has 3 aromatic rings. The van der Waals surface area contributed by atoms with Crippen molar-refractivity contribution >= 4 is 16.6 Å². The Kier molecular flexibility index (Phi) is 5.72. The van der Waals surface area contributed by atoms with Crippen molar-refractivity contribution in [2.24, 2.45) is 5.41 Å². The summed E-state index contributed by atoms with van der Waals surface area (Å²) in [6.07, 6.45) is 12.1. The van der Waals surface area contributed by atoms with Gasteiger partial charge in [-0.3, -0.25) is 0 Å². The van der Waals surface area contributed by atoms with Crippen LogP contribution in [-0.2, 0) is 17.8 Å². The van der Waals surface area contributed by atoms with Crippen LogP contribution in [0.4, 0.5) is 5.82 Å². The molecule has 2 N–H and O–H groups in total. The van der Waals surface area contributed by atoms with Crippen molar-refractivity contribution in [3.8, 4) is 24.1 Å². The normalized spacial score (nSPS) is 25.2. The number of phenolic OH excluding ortho intramolecular Hbond substituents is 1. The first kappa shape index (κ1) is 23.8. The number of hydrogen-bond donors (Lipinski definition) is 2. The second-order valence-electron chi connectivity index (χ2n) is 11.5. The van der Waals surface area contributed by atoms with Crippen molar-refractivity contribution in [1.29, 1.82) is 0 Å². The van der Waals surface area contributed by atoms with Crippen LogP contribution in [0.5, 0.6) is 11.8 Å². The third-order valence-electron chi connectivity index (χ3n) is 9.08. The standard InChI is InChI=1S/C31H34N4O3/c1-3-19-6-5-7-20-12-23(36)13-24(28(19)20)27-14-26-25(17-37-27)29(35-15-21-8-9-22(16-35)32-21)34-30(33-26)38-18-31(4-2)10-11-31/h1,5-7,12-13,21-22,27,32,36H,4,8-11,14-18H2,2H3. The third-order valence-corrected chi connectivity index (χ3v) is 9.08. The zero-order chi connectivity index (χ0) is 25.9.